The molecule has 0 saturated carbocycles. The first-order valence-electron chi connectivity index (χ1n) is 6.76. The topological polar surface area (TPSA) is 61.3 Å². The molecule has 2 aromatic heterocycles. The van der Waals surface area contributed by atoms with Crippen molar-refractivity contribution in [1.29, 1.82) is 0 Å². The molecule has 0 saturated heterocycles. The predicted octanol–water partition coefficient (Wildman–Crippen LogP) is 4.83. The van der Waals surface area contributed by atoms with Crippen LogP contribution in [0.3, 0.4) is 0 Å². The van der Waals surface area contributed by atoms with E-state index in [-0.39, 0.29) is 5.75 Å². The Kier molecular flexibility index (Phi) is 4.52. The van der Waals surface area contributed by atoms with Crippen LogP contribution in [-0.2, 0) is 5.75 Å². The number of hydrogen-bond acceptors (Lipinski definition) is 6. The molecule has 3 aromatic rings. The van der Waals surface area contributed by atoms with Gasteiger partial charge < -0.3 is 13.6 Å². The Morgan fingerprint density at radius 1 is 1.12 bits per heavy atom. The molecule has 0 amide bonds. The van der Waals surface area contributed by atoms with Gasteiger partial charge in [0.05, 0.1) is 11.8 Å². The number of thioether (sulfide) groups is 1. The van der Waals surface area contributed by atoms with Crippen molar-refractivity contribution in [2.24, 2.45) is 0 Å². The lowest BCUT2D eigenvalue weighted by Crippen LogP contribution is -2.16. The average molecular weight is 356 g/mol. The summed E-state index contributed by atoms with van der Waals surface area (Å²) in [6.07, 6.45) is -3.16. The fraction of sp³-hybridized carbons (Fsp3) is 0.200. The van der Waals surface area contributed by atoms with Gasteiger partial charge in [0.15, 0.2) is 0 Å². The molecule has 0 atom stereocenters. The van der Waals surface area contributed by atoms with E-state index < -0.39 is 6.36 Å². The number of halogens is 3. The first-order valence-corrected chi connectivity index (χ1v) is 7.75. The smallest absolute Gasteiger partial charge is 0.469 e. The van der Waals surface area contributed by atoms with E-state index in [9.17, 15) is 13.2 Å². The van der Waals surface area contributed by atoms with E-state index in [1.54, 1.807) is 25.1 Å². The van der Waals surface area contributed by atoms with Crippen molar-refractivity contribution in [2.45, 2.75) is 24.3 Å². The van der Waals surface area contributed by atoms with Gasteiger partial charge in [-0.05, 0) is 30.7 Å². The van der Waals surface area contributed by atoms with Crippen molar-refractivity contribution in [3.05, 3.63) is 47.9 Å². The molecule has 126 valence electrons. The quantitative estimate of drug-likeness (QED) is 0.610. The Morgan fingerprint density at radius 3 is 2.50 bits per heavy atom. The number of aromatic nitrogens is 2. The molecule has 0 spiro atoms. The van der Waals surface area contributed by atoms with Gasteiger partial charge in [-0.1, -0.05) is 23.9 Å². The highest BCUT2D eigenvalue weighted by Crippen LogP contribution is 2.29. The third-order valence-corrected chi connectivity index (χ3v) is 3.90. The fourth-order valence-corrected chi connectivity index (χ4v) is 2.64. The molecule has 1 aromatic carbocycles. The van der Waals surface area contributed by atoms with Crippen LogP contribution in [0.15, 0.2) is 50.7 Å². The maximum absolute atomic E-state index is 12.1. The van der Waals surface area contributed by atoms with Gasteiger partial charge in [-0.25, -0.2) is 0 Å². The molecule has 3 rings (SSSR count). The first kappa shape index (κ1) is 16.4. The Labute approximate surface area is 138 Å². The molecule has 0 aliphatic carbocycles. The molecule has 24 heavy (non-hydrogen) atoms. The lowest BCUT2D eigenvalue weighted by molar-refractivity contribution is -0.274. The van der Waals surface area contributed by atoms with E-state index in [2.05, 4.69) is 14.9 Å². The molecule has 0 unspecified atom stereocenters. The van der Waals surface area contributed by atoms with Crippen LogP contribution in [0.5, 0.6) is 5.75 Å². The number of furan rings is 1. The number of hydrogen-bond donors (Lipinski definition) is 0. The van der Waals surface area contributed by atoms with Gasteiger partial charge in [0, 0.05) is 5.75 Å². The van der Waals surface area contributed by atoms with Crippen molar-refractivity contribution >= 4 is 11.8 Å². The van der Waals surface area contributed by atoms with Crippen LogP contribution >= 0.6 is 11.8 Å². The maximum atomic E-state index is 12.1. The average Bonchev–Trinajstić information content (AvgIpc) is 3.13. The highest BCUT2D eigenvalue weighted by Gasteiger charge is 2.30. The Bertz CT molecular complexity index is 812. The molecule has 2 heterocycles. The minimum atomic E-state index is -4.69. The van der Waals surface area contributed by atoms with Crippen LogP contribution < -0.4 is 4.74 Å². The highest BCUT2D eigenvalue weighted by molar-refractivity contribution is 7.98. The molecular weight excluding hydrogens is 345 g/mol. The third kappa shape index (κ3) is 4.10. The maximum Gasteiger partial charge on any atom is 0.573 e. The van der Waals surface area contributed by atoms with Crippen molar-refractivity contribution in [1.82, 2.24) is 10.2 Å². The molecule has 9 heteroatoms. The minimum absolute atomic E-state index is 0.258. The van der Waals surface area contributed by atoms with E-state index in [4.69, 9.17) is 8.83 Å². The van der Waals surface area contributed by atoms with E-state index in [1.807, 2.05) is 0 Å². The summed E-state index contributed by atoms with van der Waals surface area (Å²) in [6.45, 7) is 1.79. The molecule has 0 aliphatic heterocycles. The van der Waals surface area contributed by atoms with Crippen LogP contribution in [0.2, 0.25) is 0 Å². The predicted molar refractivity (Wildman–Crippen MR) is 79.4 cm³/mol. The fourth-order valence-electron chi connectivity index (χ4n) is 1.92. The van der Waals surface area contributed by atoms with Gasteiger partial charge in [-0.15, -0.1) is 23.4 Å². The second-order valence-electron chi connectivity index (χ2n) is 4.74. The number of aryl methyl sites for hydroxylation is 1. The van der Waals surface area contributed by atoms with Crippen LogP contribution in [0.1, 0.15) is 11.3 Å². The molecule has 5 nitrogen and oxygen atoms in total. The summed E-state index contributed by atoms with van der Waals surface area (Å²) in [4.78, 5) is 0. The number of rotatable bonds is 5. The van der Waals surface area contributed by atoms with Crippen LogP contribution in [0.4, 0.5) is 13.2 Å². The van der Waals surface area contributed by atoms with Crippen molar-refractivity contribution in [2.75, 3.05) is 0 Å². The number of nitrogens with zero attached hydrogens (tertiary/aromatic N) is 2. The highest BCUT2D eigenvalue weighted by atomic mass is 32.2. The second kappa shape index (κ2) is 6.60. The number of alkyl halides is 3. The van der Waals surface area contributed by atoms with Gasteiger partial charge in [0.2, 0.25) is 0 Å². The summed E-state index contributed by atoms with van der Waals surface area (Å²) in [7, 11) is 0. The Morgan fingerprint density at radius 2 is 1.88 bits per heavy atom. The van der Waals surface area contributed by atoms with E-state index in [0.717, 1.165) is 11.1 Å². The summed E-state index contributed by atoms with van der Waals surface area (Å²) in [5, 5.41) is 8.23. The van der Waals surface area contributed by atoms with Gasteiger partial charge in [-0.2, -0.15) is 0 Å². The van der Waals surface area contributed by atoms with Gasteiger partial charge in [0.1, 0.15) is 11.5 Å². The third-order valence-electron chi connectivity index (χ3n) is 3.01. The monoisotopic (exact) mass is 356 g/mol. The normalized spacial score (nSPS) is 11.7. The number of benzene rings is 1. The van der Waals surface area contributed by atoms with E-state index in [0.29, 0.717) is 22.6 Å². The summed E-state index contributed by atoms with van der Waals surface area (Å²) in [5.41, 5.74) is 1.52. The first-order chi connectivity index (χ1) is 11.4. The summed E-state index contributed by atoms with van der Waals surface area (Å²) in [6, 6.07) is 7.35. The number of ether oxygens (including phenoxy) is 1. The standard InChI is InChI=1S/C15H11F3N2O3S/c1-9-12(6-7-21-9)13-19-20-14(22-13)24-8-10-2-4-11(5-3-10)23-15(16,17)18/h2-7H,8H2,1H3. The summed E-state index contributed by atoms with van der Waals surface area (Å²) in [5.74, 6) is 1.25. The molecule has 0 fully saturated rings. The summed E-state index contributed by atoms with van der Waals surface area (Å²) >= 11 is 1.28. The zero-order valence-electron chi connectivity index (χ0n) is 12.3. The molecule has 0 aliphatic rings. The summed E-state index contributed by atoms with van der Waals surface area (Å²) < 4.78 is 50.8. The SMILES string of the molecule is Cc1occc1-c1nnc(SCc2ccc(OC(F)(F)F)cc2)o1. The molecule has 0 N–H and O–H groups in total. The van der Waals surface area contributed by atoms with Crippen molar-refractivity contribution < 1.29 is 26.7 Å². The lowest BCUT2D eigenvalue weighted by Gasteiger charge is -2.08. The lowest BCUT2D eigenvalue weighted by atomic mass is 10.2. The van der Waals surface area contributed by atoms with Gasteiger partial charge >= 0.3 is 6.36 Å². The Hall–Kier alpha value is -2.42. The van der Waals surface area contributed by atoms with Gasteiger partial charge in [0.25, 0.3) is 11.1 Å². The minimum Gasteiger partial charge on any atom is -0.469 e. The largest absolute Gasteiger partial charge is 0.573 e. The Balaban J connectivity index is 1.60. The molecule has 0 bridgehead atoms. The molecule has 0 radical (unpaired) electrons. The molecular formula is C15H11F3N2O3S. The van der Waals surface area contributed by atoms with Crippen molar-refractivity contribution in [3.63, 3.8) is 0 Å². The van der Waals surface area contributed by atoms with Crippen LogP contribution in [0.25, 0.3) is 11.5 Å². The van der Waals surface area contributed by atoms with E-state index in [1.165, 1.54) is 30.2 Å². The second-order valence-corrected chi connectivity index (χ2v) is 5.67. The van der Waals surface area contributed by atoms with Gasteiger partial charge in [-0.3, -0.25) is 0 Å². The van der Waals surface area contributed by atoms with Crippen molar-refractivity contribution in [3.8, 4) is 17.2 Å². The van der Waals surface area contributed by atoms with Crippen LogP contribution in [0, 0.1) is 6.92 Å². The van der Waals surface area contributed by atoms with Crippen LogP contribution in [-0.4, -0.2) is 16.6 Å². The van der Waals surface area contributed by atoms with E-state index >= 15 is 0 Å². The zero-order chi connectivity index (χ0) is 17.2. The zero-order valence-corrected chi connectivity index (χ0v) is 13.1.